The third-order valence-corrected chi connectivity index (χ3v) is 7.64. The van der Waals surface area contributed by atoms with Crippen molar-refractivity contribution in [3.05, 3.63) is 0 Å². The highest BCUT2D eigenvalue weighted by atomic mass is 31.2. The summed E-state index contributed by atoms with van der Waals surface area (Å²) in [5.74, 6) is 0. The third-order valence-electron chi connectivity index (χ3n) is 7.15. The van der Waals surface area contributed by atoms with Gasteiger partial charge in [0.2, 0.25) is 0 Å². The second-order valence-corrected chi connectivity index (χ2v) is 13.0. The highest BCUT2D eigenvalue weighted by molar-refractivity contribution is 7.46. The smallest absolute Gasteiger partial charge is 0.384 e. The Morgan fingerprint density at radius 1 is 0.730 bits per heavy atom. The summed E-state index contributed by atoms with van der Waals surface area (Å²) in [5, 5.41) is 0. The van der Waals surface area contributed by atoms with E-state index in [0.29, 0.717) is 37.3 Å². The van der Waals surface area contributed by atoms with Crippen molar-refractivity contribution in [1.82, 2.24) is 0 Å². The van der Waals surface area contributed by atoms with E-state index in [0.717, 1.165) is 6.42 Å². The molecular weight excluding hydrogens is 493 g/mol. The summed E-state index contributed by atoms with van der Waals surface area (Å²) in [6.07, 6.45) is 19.2. The molecule has 0 aliphatic heterocycles. The molecule has 0 spiro atoms. The number of quaternary nitrogens is 1. The van der Waals surface area contributed by atoms with Gasteiger partial charge < -0.3 is 28.5 Å². The quantitative estimate of drug-likeness (QED) is 0.0695. The van der Waals surface area contributed by atoms with E-state index in [2.05, 4.69) is 6.92 Å². The molecule has 0 radical (unpaired) electrons. The molecule has 0 aromatic heterocycles. The molecule has 37 heavy (non-hydrogen) atoms. The van der Waals surface area contributed by atoms with Crippen molar-refractivity contribution in [2.24, 2.45) is 5.41 Å². The molecule has 8 nitrogen and oxygen atoms in total. The summed E-state index contributed by atoms with van der Waals surface area (Å²) in [7, 11) is 4.75. The highest BCUT2D eigenvalue weighted by Gasteiger charge is 2.40. The SMILES string of the molecule is CCCCCCCCCCCCCCCCOCC(COC)(COC)CC(COP(=O)(O)O)[N+](C)(C)C. The molecule has 1 unspecified atom stereocenters. The minimum absolute atomic E-state index is 0.0537. The van der Waals surface area contributed by atoms with Gasteiger partial charge in [-0.25, -0.2) is 4.57 Å². The molecule has 0 heterocycles. The van der Waals surface area contributed by atoms with Gasteiger partial charge in [-0.15, -0.1) is 0 Å². The van der Waals surface area contributed by atoms with Crippen LogP contribution in [0.25, 0.3) is 0 Å². The molecule has 0 aliphatic carbocycles. The van der Waals surface area contributed by atoms with Crippen LogP contribution >= 0.6 is 7.82 Å². The summed E-state index contributed by atoms with van der Waals surface area (Å²) in [4.78, 5) is 18.4. The van der Waals surface area contributed by atoms with Crippen LogP contribution in [0, 0.1) is 5.41 Å². The maximum Gasteiger partial charge on any atom is 0.469 e. The lowest BCUT2D eigenvalue weighted by Gasteiger charge is -2.41. The minimum atomic E-state index is -4.54. The zero-order chi connectivity index (χ0) is 28.0. The summed E-state index contributed by atoms with van der Waals surface area (Å²) < 4.78 is 33.9. The topological polar surface area (TPSA) is 94.5 Å². The van der Waals surface area contributed by atoms with E-state index in [1.807, 2.05) is 21.1 Å². The average Bonchev–Trinajstić information content (AvgIpc) is 2.80. The van der Waals surface area contributed by atoms with Crippen LogP contribution in [0.1, 0.15) is 103 Å². The van der Waals surface area contributed by atoms with Crippen LogP contribution in [0.4, 0.5) is 0 Å². The Hall–Kier alpha value is -0.0500. The molecular formula is C28H61NO7P+. The molecule has 0 aliphatic rings. The van der Waals surface area contributed by atoms with Gasteiger partial charge in [-0.2, -0.15) is 0 Å². The van der Waals surface area contributed by atoms with Gasteiger partial charge in [-0.05, 0) is 6.42 Å². The molecule has 2 N–H and O–H groups in total. The maximum atomic E-state index is 11.3. The predicted molar refractivity (Wildman–Crippen MR) is 152 cm³/mol. The Bertz CT molecular complexity index is 559. The second kappa shape index (κ2) is 21.7. The van der Waals surface area contributed by atoms with Gasteiger partial charge in [0.05, 0.1) is 41.0 Å². The fourth-order valence-electron chi connectivity index (χ4n) is 4.84. The highest BCUT2D eigenvalue weighted by Crippen LogP contribution is 2.38. The van der Waals surface area contributed by atoms with Gasteiger partial charge in [0.15, 0.2) is 0 Å². The lowest BCUT2D eigenvalue weighted by Crippen LogP contribution is -2.52. The van der Waals surface area contributed by atoms with Crippen molar-refractivity contribution in [1.29, 1.82) is 0 Å². The zero-order valence-electron chi connectivity index (χ0n) is 25.0. The van der Waals surface area contributed by atoms with E-state index in [-0.39, 0.29) is 12.6 Å². The normalized spacial score (nSPS) is 13.8. The van der Waals surface area contributed by atoms with Crippen molar-refractivity contribution in [2.75, 3.05) is 68.4 Å². The summed E-state index contributed by atoms with van der Waals surface area (Å²) in [6.45, 7) is 4.26. The van der Waals surface area contributed by atoms with Gasteiger partial charge >= 0.3 is 7.82 Å². The van der Waals surface area contributed by atoms with Crippen molar-refractivity contribution in [2.45, 2.75) is 109 Å². The molecule has 0 saturated carbocycles. The number of methoxy groups -OCH3 is 2. The van der Waals surface area contributed by atoms with Gasteiger partial charge in [0, 0.05) is 32.7 Å². The van der Waals surface area contributed by atoms with Crippen LogP contribution in [0.15, 0.2) is 0 Å². The van der Waals surface area contributed by atoms with E-state index in [4.69, 9.17) is 18.7 Å². The second-order valence-electron chi connectivity index (χ2n) is 11.8. The van der Waals surface area contributed by atoms with E-state index in [1.54, 1.807) is 14.2 Å². The van der Waals surface area contributed by atoms with E-state index >= 15 is 0 Å². The first-order chi connectivity index (χ1) is 17.5. The molecule has 0 saturated heterocycles. The van der Waals surface area contributed by atoms with Gasteiger partial charge in [0.1, 0.15) is 12.6 Å². The first-order valence-electron chi connectivity index (χ1n) is 14.6. The van der Waals surface area contributed by atoms with E-state index in [9.17, 15) is 14.4 Å². The third kappa shape index (κ3) is 21.5. The van der Waals surface area contributed by atoms with Gasteiger partial charge in [-0.1, -0.05) is 90.4 Å². The Morgan fingerprint density at radius 3 is 1.54 bits per heavy atom. The van der Waals surface area contributed by atoms with Gasteiger partial charge in [-0.3, -0.25) is 4.52 Å². The number of phosphoric ester groups is 1. The van der Waals surface area contributed by atoms with Crippen LogP contribution in [0.5, 0.6) is 0 Å². The Morgan fingerprint density at radius 2 is 1.16 bits per heavy atom. The molecule has 0 amide bonds. The average molecular weight is 555 g/mol. The van der Waals surface area contributed by atoms with Gasteiger partial charge in [0.25, 0.3) is 0 Å². The van der Waals surface area contributed by atoms with Crippen LogP contribution in [-0.4, -0.2) is 88.7 Å². The largest absolute Gasteiger partial charge is 0.469 e. The lowest BCUT2D eigenvalue weighted by molar-refractivity contribution is -0.897. The van der Waals surface area contributed by atoms with Crippen LogP contribution in [0.2, 0.25) is 0 Å². The summed E-state index contributed by atoms with van der Waals surface area (Å²) in [6, 6.07) is -0.164. The Labute approximate surface area is 228 Å². The number of hydrogen-bond donors (Lipinski definition) is 2. The molecule has 0 fully saturated rings. The van der Waals surface area contributed by atoms with Crippen molar-refractivity contribution >= 4 is 7.82 Å². The van der Waals surface area contributed by atoms with E-state index < -0.39 is 13.2 Å². The molecule has 9 heteroatoms. The molecule has 0 aromatic carbocycles. The fourth-order valence-corrected chi connectivity index (χ4v) is 5.21. The first-order valence-corrected chi connectivity index (χ1v) is 16.1. The molecule has 1 atom stereocenters. The number of hydrogen-bond acceptors (Lipinski definition) is 5. The summed E-state index contributed by atoms with van der Waals surface area (Å²) >= 11 is 0. The number of rotatable bonds is 27. The number of ether oxygens (including phenoxy) is 3. The number of phosphoric acid groups is 1. The molecule has 0 bridgehead atoms. The lowest BCUT2D eigenvalue weighted by atomic mass is 9.83. The maximum absolute atomic E-state index is 11.3. The standard InChI is InChI=1S/C28H60NO7P/c1-7-8-9-10-11-12-13-14-15-16-17-18-19-20-21-35-26-28(24-33-5,25-34-6)22-27(29(2,3)4)23-36-37(30,31)32/h27H,7-26H2,1-6H3,(H-,30,31,32)/p+1. The molecule has 0 rings (SSSR count). The monoisotopic (exact) mass is 554 g/mol. The predicted octanol–water partition coefficient (Wildman–Crippen LogP) is 6.34. The van der Waals surface area contributed by atoms with Crippen LogP contribution < -0.4 is 0 Å². The molecule has 224 valence electrons. The summed E-state index contributed by atoms with van der Waals surface area (Å²) in [5.41, 5.74) is -0.423. The number of unbranched alkanes of at least 4 members (excludes halogenated alkanes) is 13. The first kappa shape index (κ1) is 37.0. The minimum Gasteiger partial charge on any atom is -0.384 e. The van der Waals surface area contributed by atoms with Crippen LogP contribution in [0.3, 0.4) is 0 Å². The Balaban J connectivity index is 4.30. The number of nitrogens with zero attached hydrogens (tertiary/aromatic N) is 1. The fraction of sp³-hybridized carbons (Fsp3) is 1.00. The van der Waals surface area contributed by atoms with Crippen molar-refractivity contribution in [3.8, 4) is 0 Å². The molecule has 0 aromatic rings. The Kier molecular flexibility index (Phi) is 21.7. The van der Waals surface area contributed by atoms with E-state index in [1.165, 1.54) is 83.5 Å². The number of likely N-dealkylation sites (N-methyl/N-ethyl adjacent to an activating group) is 1. The van der Waals surface area contributed by atoms with Crippen LogP contribution in [-0.2, 0) is 23.3 Å². The van der Waals surface area contributed by atoms with Crippen molar-refractivity contribution < 1.29 is 37.6 Å². The van der Waals surface area contributed by atoms with Crippen molar-refractivity contribution in [3.63, 3.8) is 0 Å². The zero-order valence-corrected chi connectivity index (χ0v) is 25.9.